The van der Waals surface area contributed by atoms with Crippen molar-refractivity contribution in [1.82, 2.24) is 0 Å². The van der Waals surface area contributed by atoms with Gasteiger partial charge in [-0.25, -0.2) is 9.59 Å². The molecule has 0 heterocycles. The van der Waals surface area contributed by atoms with Gasteiger partial charge in [0.1, 0.15) is 12.2 Å². The second-order valence-electron chi connectivity index (χ2n) is 2.55. The molecule has 15 heavy (non-hydrogen) atoms. The number of hydrogen-bond acceptors (Lipinski definition) is 6. The summed E-state index contributed by atoms with van der Waals surface area (Å²) in [6.07, 6.45) is -9.28. The van der Waals surface area contributed by atoms with E-state index >= 15 is 0 Å². The molecule has 9 heteroatoms. The Balaban J connectivity index is 0. The Labute approximate surface area is 94.5 Å². The first-order valence-corrected chi connectivity index (χ1v) is 3.47. The van der Waals surface area contributed by atoms with Crippen molar-refractivity contribution in [3.05, 3.63) is 0 Å². The molecule has 0 spiro atoms. The molecule has 0 rings (SSSR count). The lowest BCUT2D eigenvalue weighted by Gasteiger charge is -2.21. The maximum Gasteiger partial charge on any atom is 0.335 e. The van der Waals surface area contributed by atoms with Crippen LogP contribution in [0.5, 0.6) is 0 Å². The lowest BCUT2D eigenvalue weighted by Crippen LogP contribution is -2.49. The molecule has 0 amide bonds. The van der Waals surface area contributed by atoms with Crippen LogP contribution in [0.1, 0.15) is 0 Å². The molecular weight excluding hydrogens is 227 g/mol. The number of carbonyl (C=O) groups is 2. The van der Waals surface area contributed by atoms with Crippen LogP contribution in [0.3, 0.4) is 0 Å². The Bertz CT molecular complexity index is 207. The van der Waals surface area contributed by atoms with E-state index in [-0.39, 0.29) is 17.4 Å². The zero-order valence-electron chi connectivity index (χ0n) is 6.81. The van der Waals surface area contributed by atoms with Gasteiger partial charge in [0.15, 0.2) is 29.6 Å². The van der Waals surface area contributed by atoms with E-state index in [1.807, 2.05) is 0 Å². The Hall–Kier alpha value is -0.688. The van der Waals surface area contributed by atoms with Gasteiger partial charge >= 0.3 is 11.9 Å². The molecule has 0 saturated heterocycles. The average molecular weight is 240 g/mol. The Morgan fingerprint density at radius 1 is 0.733 bits per heavy atom. The van der Waals surface area contributed by atoms with Crippen LogP contribution in [0.4, 0.5) is 0 Å². The highest BCUT2D eigenvalue weighted by molar-refractivity contribution is 5.75. The van der Waals surface area contributed by atoms with Crippen LogP contribution in [-0.4, -0.2) is 84.4 Å². The molecule has 0 aliphatic heterocycles. The van der Waals surface area contributed by atoms with Crippen molar-refractivity contribution in [2.24, 2.45) is 0 Å². The van der Waals surface area contributed by atoms with Gasteiger partial charge in [-0.2, -0.15) is 0 Å². The molecule has 4 unspecified atom stereocenters. The lowest BCUT2D eigenvalue weighted by molar-refractivity contribution is -0.172. The molecule has 0 aromatic carbocycles. The van der Waals surface area contributed by atoms with Gasteiger partial charge < -0.3 is 30.6 Å². The maximum atomic E-state index is 10.1. The van der Waals surface area contributed by atoms with Crippen LogP contribution < -0.4 is 0 Å². The minimum absolute atomic E-state index is 0. The van der Waals surface area contributed by atoms with Crippen molar-refractivity contribution in [3.63, 3.8) is 0 Å². The first kappa shape index (κ1) is 16.7. The zero-order valence-corrected chi connectivity index (χ0v) is 6.81. The molecule has 0 aromatic rings. The third kappa shape index (κ3) is 4.57. The number of hydrogen-bond donors (Lipinski definition) is 6. The first-order chi connectivity index (χ1) is 6.29. The van der Waals surface area contributed by atoms with Gasteiger partial charge in [0.2, 0.25) is 0 Å². The van der Waals surface area contributed by atoms with E-state index in [9.17, 15) is 9.59 Å². The highest BCUT2D eigenvalue weighted by atomic mass is 27.0. The van der Waals surface area contributed by atoms with Crippen LogP contribution in [0.2, 0.25) is 0 Å². The van der Waals surface area contributed by atoms with Crippen molar-refractivity contribution in [2.75, 3.05) is 0 Å². The fraction of sp³-hybridized carbons (Fsp3) is 0.667. The van der Waals surface area contributed by atoms with Gasteiger partial charge in [-0.15, -0.1) is 0 Å². The second kappa shape index (κ2) is 6.73. The summed E-state index contributed by atoms with van der Waals surface area (Å²) in [5.41, 5.74) is 0. The van der Waals surface area contributed by atoms with E-state index in [1.54, 1.807) is 0 Å². The smallest absolute Gasteiger partial charge is 0.335 e. The van der Waals surface area contributed by atoms with E-state index in [0.717, 1.165) is 0 Å². The number of rotatable bonds is 5. The van der Waals surface area contributed by atoms with E-state index in [0.29, 0.717) is 0 Å². The summed E-state index contributed by atoms with van der Waals surface area (Å²) in [5, 5.41) is 51.5. The predicted octanol–water partition coefficient (Wildman–Crippen LogP) is -4.58. The monoisotopic (exact) mass is 240 g/mol. The van der Waals surface area contributed by atoms with E-state index in [2.05, 4.69) is 0 Å². The van der Waals surface area contributed by atoms with Gasteiger partial charge in [0.05, 0.1) is 0 Å². The molecular formula is C6H13AlO8. The highest BCUT2D eigenvalue weighted by Gasteiger charge is 2.37. The van der Waals surface area contributed by atoms with Crippen LogP contribution >= 0.6 is 0 Å². The Morgan fingerprint density at radius 3 is 1.07 bits per heavy atom. The van der Waals surface area contributed by atoms with Gasteiger partial charge in [-0.3, -0.25) is 0 Å². The summed E-state index contributed by atoms with van der Waals surface area (Å²) in [6.45, 7) is 0. The molecule has 0 radical (unpaired) electrons. The van der Waals surface area contributed by atoms with E-state index < -0.39 is 36.4 Å². The zero-order chi connectivity index (χ0) is 11.5. The normalized spacial score (nSPS) is 18.1. The topological polar surface area (TPSA) is 156 Å². The summed E-state index contributed by atoms with van der Waals surface area (Å²) in [4.78, 5) is 20.2. The number of carboxylic acids is 2. The van der Waals surface area contributed by atoms with Crippen LogP contribution in [0.15, 0.2) is 0 Å². The SMILES string of the molecule is O=C(O)C(O)C(O)C(O)C(O)C(=O)O.[AlH3]. The fourth-order valence-corrected chi connectivity index (χ4v) is 0.666. The quantitative estimate of drug-likeness (QED) is 0.262. The van der Waals surface area contributed by atoms with Crippen molar-refractivity contribution in [3.8, 4) is 0 Å². The van der Waals surface area contributed by atoms with Crippen LogP contribution in [0.25, 0.3) is 0 Å². The van der Waals surface area contributed by atoms with E-state index in [4.69, 9.17) is 30.6 Å². The molecule has 0 aliphatic rings. The molecule has 6 N–H and O–H groups in total. The van der Waals surface area contributed by atoms with Gasteiger partial charge in [0, 0.05) is 0 Å². The van der Waals surface area contributed by atoms with Gasteiger partial charge in [-0.05, 0) is 0 Å². The number of aliphatic hydroxyl groups excluding tert-OH is 4. The lowest BCUT2D eigenvalue weighted by atomic mass is 10.0. The Kier molecular flexibility index (Phi) is 7.51. The molecule has 0 aromatic heterocycles. The minimum Gasteiger partial charge on any atom is -0.479 e. The van der Waals surface area contributed by atoms with Crippen LogP contribution in [-0.2, 0) is 9.59 Å². The standard InChI is InChI=1S/C6H10O8.Al.3H/c7-1(3(9)5(11)12)2(8)4(10)6(13)14;;;;/h1-4,7-10H,(H,11,12)(H,13,14);;;;. The predicted molar refractivity (Wildman–Crippen MR) is 49.2 cm³/mol. The molecule has 0 saturated carbocycles. The molecule has 0 fully saturated rings. The molecule has 8 nitrogen and oxygen atoms in total. The third-order valence-electron chi connectivity index (χ3n) is 1.50. The molecule has 0 aliphatic carbocycles. The first-order valence-electron chi connectivity index (χ1n) is 3.47. The highest BCUT2D eigenvalue weighted by Crippen LogP contribution is 2.05. The molecule has 88 valence electrons. The van der Waals surface area contributed by atoms with Crippen molar-refractivity contribution in [1.29, 1.82) is 0 Å². The summed E-state index contributed by atoms with van der Waals surface area (Å²) in [5.74, 6) is -3.68. The third-order valence-corrected chi connectivity index (χ3v) is 1.50. The second-order valence-corrected chi connectivity index (χ2v) is 2.55. The summed E-state index contributed by atoms with van der Waals surface area (Å²) < 4.78 is 0. The summed E-state index contributed by atoms with van der Waals surface area (Å²) >= 11 is 0. The Morgan fingerprint density at radius 2 is 0.933 bits per heavy atom. The average Bonchev–Trinajstić information content (AvgIpc) is 2.12. The van der Waals surface area contributed by atoms with Crippen molar-refractivity contribution in [2.45, 2.75) is 24.4 Å². The minimum atomic E-state index is -2.36. The van der Waals surface area contributed by atoms with Crippen molar-refractivity contribution < 1.29 is 40.2 Å². The molecule has 0 bridgehead atoms. The number of aliphatic carboxylic acids is 2. The summed E-state index contributed by atoms with van der Waals surface area (Å²) in [7, 11) is 0. The van der Waals surface area contributed by atoms with E-state index in [1.165, 1.54) is 0 Å². The molecule has 4 atom stereocenters. The largest absolute Gasteiger partial charge is 0.479 e. The summed E-state index contributed by atoms with van der Waals surface area (Å²) in [6, 6.07) is 0. The number of carboxylic acid groups (broad SMARTS) is 2. The maximum absolute atomic E-state index is 10.1. The fourth-order valence-electron chi connectivity index (χ4n) is 0.666. The van der Waals surface area contributed by atoms with Crippen molar-refractivity contribution >= 4 is 29.3 Å². The van der Waals surface area contributed by atoms with Gasteiger partial charge in [-0.1, -0.05) is 0 Å². The number of aliphatic hydroxyl groups is 4. The van der Waals surface area contributed by atoms with Crippen LogP contribution in [0, 0.1) is 0 Å². The van der Waals surface area contributed by atoms with Gasteiger partial charge in [0.25, 0.3) is 0 Å².